The largest absolute Gasteiger partial charge is 0.343 e. The lowest BCUT2D eigenvalue weighted by molar-refractivity contribution is 0.603. The van der Waals surface area contributed by atoms with Gasteiger partial charge in [0.25, 0.3) is 0 Å². The highest BCUT2D eigenvalue weighted by Crippen LogP contribution is 2.19. The molecule has 1 aliphatic rings. The number of nitrogens with zero attached hydrogens (tertiary/aromatic N) is 3. The second-order valence-corrected chi connectivity index (χ2v) is 4.91. The van der Waals surface area contributed by atoms with E-state index in [1.807, 2.05) is 12.4 Å². The van der Waals surface area contributed by atoms with Crippen LogP contribution in [-0.2, 0) is 19.6 Å². The molecule has 3 rings (SSSR count). The number of aromatic nitrogens is 3. The maximum atomic E-state index is 4.43. The van der Waals surface area contributed by atoms with Crippen LogP contribution in [0.2, 0.25) is 0 Å². The summed E-state index contributed by atoms with van der Waals surface area (Å²) >= 11 is 0. The van der Waals surface area contributed by atoms with Gasteiger partial charge in [0.1, 0.15) is 5.82 Å². The van der Waals surface area contributed by atoms with Crippen LogP contribution in [0.4, 0.5) is 0 Å². The highest BCUT2D eigenvalue weighted by Gasteiger charge is 2.20. The normalized spacial score (nSPS) is 15.2. The van der Waals surface area contributed by atoms with E-state index < -0.39 is 0 Å². The first-order valence-corrected chi connectivity index (χ1v) is 6.74. The first kappa shape index (κ1) is 11.5. The average molecular weight is 244 g/mol. The second-order valence-electron chi connectivity index (χ2n) is 4.91. The maximum absolute atomic E-state index is 4.43. The molecule has 4 heteroatoms. The third-order valence-corrected chi connectivity index (χ3v) is 3.53. The van der Waals surface area contributed by atoms with Crippen LogP contribution in [0.3, 0.4) is 0 Å². The van der Waals surface area contributed by atoms with Crippen molar-refractivity contribution in [3.63, 3.8) is 0 Å². The Labute approximate surface area is 108 Å². The smallest absolute Gasteiger partial charge is 0.128 e. The molecule has 1 fully saturated rings. The van der Waals surface area contributed by atoms with Gasteiger partial charge in [-0.2, -0.15) is 0 Å². The Balaban J connectivity index is 1.69. The standard InChI is InChI=1S/C14H20N4/c1-2-17-9-7-15-14(17)11-18-8-3-4-13(18)10-16-12-5-6-12/h3-4,7-9,12,16H,2,5-6,10-11H2,1H3. The van der Waals surface area contributed by atoms with Gasteiger partial charge < -0.3 is 14.5 Å². The van der Waals surface area contributed by atoms with Crippen LogP contribution in [-0.4, -0.2) is 20.2 Å². The SMILES string of the molecule is CCn1ccnc1Cn1cccc1CNC1CC1. The highest BCUT2D eigenvalue weighted by atomic mass is 15.1. The number of imidazole rings is 1. The van der Waals surface area contributed by atoms with Crippen molar-refractivity contribution >= 4 is 0 Å². The molecule has 18 heavy (non-hydrogen) atoms. The quantitative estimate of drug-likeness (QED) is 0.843. The molecule has 0 aliphatic heterocycles. The molecule has 1 saturated carbocycles. The Morgan fingerprint density at radius 3 is 3.00 bits per heavy atom. The number of rotatable bonds is 6. The van der Waals surface area contributed by atoms with Gasteiger partial charge in [0.15, 0.2) is 0 Å². The van der Waals surface area contributed by atoms with Gasteiger partial charge in [-0.15, -0.1) is 0 Å². The van der Waals surface area contributed by atoms with Gasteiger partial charge in [0.2, 0.25) is 0 Å². The second kappa shape index (κ2) is 4.98. The van der Waals surface area contributed by atoms with Crippen molar-refractivity contribution in [2.45, 2.75) is 45.4 Å². The zero-order chi connectivity index (χ0) is 12.4. The van der Waals surface area contributed by atoms with Crippen molar-refractivity contribution in [3.8, 4) is 0 Å². The molecule has 2 aromatic rings. The minimum Gasteiger partial charge on any atom is -0.343 e. The molecule has 0 aromatic carbocycles. The fraction of sp³-hybridized carbons (Fsp3) is 0.500. The Bertz CT molecular complexity index is 507. The lowest BCUT2D eigenvalue weighted by Crippen LogP contribution is -2.18. The van der Waals surface area contributed by atoms with E-state index in [0.29, 0.717) is 0 Å². The van der Waals surface area contributed by atoms with E-state index in [-0.39, 0.29) is 0 Å². The minimum atomic E-state index is 0.756. The predicted octanol–water partition coefficient (Wildman–Crippen LogP) is 2.00. The Kier molecular flexibility index (Phi) is 3.19. The number of hydrogen-bond donors (Lipinski definition) is 1. The van der Waals surface area contributed by atoms with Crippen LogP contribution in [0.5, 0.6) is 0 Å². The van der Waals surface area contributed by atoms with Gasteiger partial charge in [-0.05, 0) is 31.9 Å². The molecule has 96 valence electrons. The van der Waals surface area contributed by atoms with Crippen LogP contribution < -0.4 is 5.32 Å². The molecular formula is C14H20N4. The van der Waals surface area contributed by atoms with Gasteiger partial charge in [-0.1, -0.05) is 0 Å². The zero-order valence-electron chi connectivity index (χ0n) is 10.8. The molecule has 2 aromatic heterocycles. The molecule has 0 bridgehead atoms. The lowest BCUT2D eigenvalue weighted by Gasteiger charge is -2.11. The number of aryl methyl sites for hydroxylation is 1. The van der Waals surface area contributed by atoms with Crippen molar-refractivity contribution in [1.29, 1.82) is 0 Å². The molecule has 1 aliphatic carbocycles. The van der Waals surface area contributed by atoms with E-state index in [9.17, 15) is 0 Å². The molecule has 0 spiro atoms. The Morgan fingerprint density at radius 2 is 2.22 bits per heavy atom. The van der Waals surface area contributed by atoms with Crippen LogP contribution in [0.1, 0.15) is 31.3 Å². The summed E-state index contributed by atoms with van der Waals surface area (Å²) in [6.07, 6.45) is 8.73. The molecule has 1 N–H and O–H groups in total. The van der Waals surface area contributed by atoms with Gasteiger partial charge in [-0.25, -0.2) is 4.98 Å². The van der Waals surface area contributed by atoms with Gasteiger partial charge in [0.05, 0.1) is 6.54 Å². The van der Waals surface area contributed by atoms with Crippen molar-refractivity contribution in [3.05, 3.63) is 42.2 Å². The summed E-state index contributed by atoms with van der Waals surface area (Å²) < 4.78 is 4.47. The fourth-order valence-corrected chi connectivity index (χ4v) is 2.23. The Hall–Kier alpha value is -1.55. The summed E-state index contributed by atoms with van der Waals surface area (Å²) in [4.78, 5) is 4.43. The predicted molar refractivity (Wildman–Crippen MR) is 71.3 cm³/mol. The topological polar surface area (TPSA) is 34.8 Å². The van der Waals surface area contributed by atoms with Crippen molar-refractivity contribution in [1.82, 2.24) is 19.4 Å². The zero-order valence-corrected chi connectivity index (χ0v) is 10.8. The first-order chi connectivity index (χ1) is 8.86. The van der Waals surface area contributed by atoms with Crippen LogP contribution >= 0.6 is 0 Å². The van der Waals surface area contributed by atoms with Crippen LogP contribution in [0.25, 0.3) is 0 Å². The highest BCUT2D eigenvalue weighted by molar-refractivity contribution is 5.09. The van der Waals surface area contributed by atoms with E-state index >= 15 is 0 Å². The molecule has 0 atom stereocenters. The van der Waals surface area contributed by atoms with E-state index in [4.69, 9.17) is 0 Å². The molecule has 0 amide bonds. The molecule has 0 unspecified atom stereocenters. The van der Waals surface area contributed by atoms with E-state index in [0.717, 1.165) is 31.5 Å². The molecular weight excluding hydrogens is 224 g/mol. The van der Waals surface area contributed by atoms with Crippen LogP contribution in [0.15, 0.2) is 30.7 Å². The lowest BCUT2D eigenvalue weighted by atomic mass is 10.4. The maximum Gasteiger partial charge on any atom is 0.128 e. The first-order valence-electron chi connectivity index (χ1n) is 6.74. The number of nitrogens with one attached hydrogen (secondary N) is 1. The molecule has 0 radical (unpaired) electrons. The number of hydrogen-bond acceptors (Lipinski definition) is 2. The summed E-state index contributed by atoms with van der Waals surface area (Å²) in [5.74, 6) is 1.13. The summed E-state index contributed by atoms with van der Waals surface area (Å²) in [5.41, 5.74) is 1.34. The van der Waals surface area contributed by atoms with Crippen molar-refractivity contribution < 1.29 is 0 Å². The van der Waals surface area contributed by atoms with E-state index in [1.54, 1.807) is 0 Å². The van der Waals surface area contributed by atoms with Crippen LogP contribution in [0, 0.1) is 0 Å². The van der Waals surface area contributed by atoms with E-state index in [2.05, 4.69) is 44.7 Å². The third-order valence-electron chi connectivity index (χ3n) is 3.53. The van der Waals surface area contributed by atoms with Gasteiger partial charge in [-0.3, -0.25) is 0 Å². The van der Waals surface area contributed by atoms with Crippen molar-refractivity contribution in [2.75, 3.05) is 0 Å². The summed E-state index contributed by atoms with van der Waals surface area (Å²) in [7, 11) is 0. The fourth-order valence-electron chi connectivity index (χ4n) is 2.23. The summed E-state index contributed by atoms with van der Waals surface area (Å²) in [6, 6.07) is 5.06. The minimum absolute atomic E-state index is 0.756. The summed E-state index contributed by atoms with van der Waals surface area (Å²) in [5, 5.41) is 3.56. The molecule has 4 nitrogen and oxygen atoms in total. The van der Waals surface area contributed by atoms with Gasteiger partial charge >= 0.3 is 0 Å². The van der Waals surface area contributed by atoms with Gasteiger partial charge in [0, 0.05) is 43.4 Å². The van der Waals surface area contributed by atoms with E-state index in [1.165, 1.54) is 18.5 Å². The Morgan fingerprint density at radius 1 is 1.33 bits per heavy atom. The summed E-state index contributed by atoms with van der Waals surface area (Å²) in [6.45, 7) is 4.95. The molecule has 0 saturated heterocycles. The molecule has 2 heterocycles. The van der Waals surface area contributed by atoms with Crippen molar-refractivity contribution in [2.24, 2.45) is 0 Å². The third kappa shape index (κ3) is 2.48. The average Bonchev–Trinajstić information content (AvgIpc) is 2.94. The monoisotopic (exact) mass is 244 g/mol.